The number of hydrogen-bond acceptors (Lipinski definition) is 4. The Morgan fingerprint density at radius 2 is 1.90 bits per heavy atom. The van der Waals surface area contributed by atoms with Crippen molar-refractivity contribution in [2.45, 2.75) is 57.6 Å². The maximum absolute atomic E-state index is 11.9. The van der Waals surface area contributed by atoms with E-state index in [1.165, 1.54) is 0 Å². The van der Waals surface area contributed by atoms with Crippen LogP contribution in [0.25, 0.3) is 0 Å². The molecule has 1 aromatic heterocycles. The van der Waals surface area contributed by atoms with E-state index in [2.05, 4.69) is 15.3 Å². The standard InChI is InChI=1S/C14H21N3O4/c1-8-11(13(20)17-14(21)15-8)6-7-12(19)16-9-2-4-10(18)5-3-9/h9-10,18H,2-7H2,1H3,(H,16,19)(H2,15,17,20,21). The molecule has 7 nitrogen and oxygen atoms in total. The molecule has 1 aliphatic rings. The van der Waals surface area contributed by atoms with E-state index in [1.54, 1.807) is 6.92 Å². The zero-order valence-corrected chi connectivity index (χ0v) is 12.1. The number of carbonyl (C=O) groups excluding carboxylic acids is 1. The normalized spacial score (nSPS) is 22.0. The molecular weight excluding hydrogens is 274 g/mol. The lowest BCUT2D eigenvalue weighted by Gasteiger charge is -2.26. The summed E-state index contributed by atoms with van der Waals surface area (Å²) in [4.78, 5) is 39.3. The SMILES string of the molecule is Cc1[nH]c(=O)[nH]c(=O)c1CCC(=O)NC1CCC(O)CC1. The van der Waals surface area contributed by atoms with Crippen molar-refractivity contribution in [1.29, 1.82) is 0 Å². The number of nitrogens with one attached hydrogen (secondary N) is 3. The first kappa shape index (κ1) is 15.5. The summed E-state index contributed by atoms with van der Waals surface area (Å²) in [6.07, 6.45) is 3.23. The minimum Gasteiger partial charge on any atom is -0.393 e. The molecule has 0 saturated heterocycles. The van der Waals surface area contributed by atoms with E-state index in [0.29, 0.717) is 30.5 Å². The number of amides is 1. The fraction of sp³-hybridized carbons (Fsp3) is 0.643. The van der Waals surface area contributed by atoms with Crippen LogP contribution in [0.15, 0.2) is 9.59 Å². The summed E-state index contributed by atoms with van der Waals surface area (Å²) >= 11 is 0. The highest BCUT2D eigenvalue weighted by atomic mass is 16.3. The third-order valence-electron chi connectivity index (χ3n) is 3.92. The number of aliphatic hydroxyl groups excluding tert-OH is 1. The van der Waals surface area contributed by atoms with Crippen molar-refractivity contribution in [3.05, 3.63) is 32.1 Å². The summed E-state index contributed by atoms with van der Waals surface area (Å²) in [5.74, 6) is -0.110. The summed E-state index contributed by atoms with van der Waals surface area (Å²) in [6, 6.07) is 0.107. The largest absolute Gasteiger partial charge is 0.393 e. The van der Waals surface area contributed by atoms with Gasteiger partial charge in [0.15, 0.2) is 0 Å². The van der Waals surface area contributed by atoms with Gasteiger partial charge >= 0.3 is 5.69 Å². The summed E-state index contributed by atoms with van der Waals surface area (Å²) in [5, 5.41) is 12.3. The van der Waals surface area contributed by atoms with E-state index in [1.807, 2.05) is 0 Å². The van der Waals surface area contributed by atoms with E-state index in [4.69, 9.17) is 0 Å². The van der Waals surface area contributed by atoms with E-state index >= 15 is 0 Å². The van der Waals surface area contributed by atoms with Crippen LogP contribution >= 0.6 is 0 Å². The molecule has 21 heavy (non-hydrogen) atoms. The zero-order chi connectivity index (χ0) is 15.4. The molecule has 0 bridgehead atoms. The molecule has 0 unspecified atom stereocenters. The second kappa shape index (κ2) is 6.71. The molecule has 0 atom stereocenters. The van der Waals surface area contributed by atoms with E-state index in [9.17, 15) is 19.5 Å². The van der Waals surface area contributed by atoms with Gasteiger partial charge in [0.05, 0.1) is 6.10 Å². The molecule has 1 aromatic rings. The lowest BCUT2D eigenvalue weighted by Crippen LogP contribution is -2.39. The van der Waals surface area contributed by atoms with E-state index in [-0.39, 0.29) is 24.5 Å². The van der Waals surface area contributed by atoms with Crippen molar-refractivity contribution < 1.29 is 9.90 Å². The molecule has 1 saturated carbocycles. The number of aromatic amines is 2. The third kappa shape index (κ3) is 4.29. The van der Waals surface area contributed by atoms with Crippen molar-refractivity contribution in [3.63, 3.8) is 0 Å². The van der Waals surface area contributed by atoms with Crippen molar-refractivity contribution in [3.8, 4) is 0 Å². The average Bonchev–Trinajstić information content (AvgIpc) is 2.40. The van der Waals surface area contributed by atoms with E-state index in [0.717, 1.165) is 12.8 Å². The second-order valence-electron chi connectivity index (χ2n) is 5.58. The Bertz CT molecular complexity index is 611. The van der Waals surface area contributed by atoms with Crippen LogP contribution in [0.5, 0.6) is 0 Å². The number of aryl methyl sites for hydroxylation is 1. The van der Waals surface area contributed by atoms with Crippen LogP contribution < -0.4 is 16.6 Å². The Kier molecular flexibility index (Phi) is 4.95. The number of aliphatic hydroxyl groups is 1. The van der Waals surface area contributed by atoms with Gasteiger partial charge in [-0.25, -0.2) is 4.79 Å². The van der Waals surface area contributed by atoms with Crippen molar-refractivity contribution in [1.82, 2.24) is 15.3 Å². The molecule has 1 aliphatic carbocycles. The summed E-state index contributed by atoms with van der Waals surface area (Å²) in [5.41, 5.74) is -0.0440. The topological polar surface area (TPSA) is 115 Å². The lowest BCUT2D eigenvalue weighted by molar-refractivity contribution is -0.122. The fourth-order valence-electron chi connectivity index (χ4n) is 2.69. The number of carbonyl (C=O) groups is 1. The van der Waals surface area contributed by atoms with Gasteiger partial charge in [-0.1, -0.05) is 0 Å². The maximum atomic E-state index is 11.9. The van der Waals surface area contributed by atoms with Crippen molar-refractivity contribution in [2.24, 2.45) is 0 Å². The smallest absolute Gasteiger partial charge is 0.325 e. The highest BCUT2D eigenvalue weighted by Gasteiger charge is 2.20. The first-order valence-electron chi connectivity index (χ1n) is 7.25. The van der Waals surface area contributed by atoms with Crippen LogP contribution in [0.3, 0.4) is 0 Å². The third-order valence-corrected chi connectivity index (χ3v) is 3.92. The predicted octanol–water partition coefficient (Wildman–Crippen LogP) is -0.276. The maximum Gasteiger partial charge on any atom is 0.325 e. The Labute approximate surface area is 121 Å². The van der Waals surface area contributed by atoms with Crippen molar-refractivity contribution >= 4 is 5.91 Å². The molecule has 1 amide bonds. The zero-order valence-electron chi connectivity index (χ0n) is 12.1. The van der Waals surface area contributed by atoms with Crippen LogP contribution in [0.4, 0.5) is 0 Å². The molecule has 116 valence electrons. The van der Waals surface area contributed by atoms with Crippen LogP contribution in [-0.4, -0.2) is 33.1 Å². The second-order valence-corrected chi connectivity index (χ2v) is 5.58. The minimum absolute atomic E-state index is 0.107. The number of H-pyrrole nitrogens is 2. The average molecular weight is 295 g/mol. The van der Waals surface area contributed by atoms with Crippen LogP contribution in [0.1, 0.15) is 43.4 Å². The molecular formula is C14H21N3O4. The lowest BCUT2D eigenvalue weighted by atomic mass is 9.93. The Balaban J connectivity index is 1.87. The molecule has 1 fully saturated rings. The number of hydrogen-bond donors (Lipinski definition) is 4. The predicted molar refractivity (Wildman–Crippen MR) is 77.1 cm³/mol. The van der Waals surface area contributed by atoms with Crippen LogP contribution in [0.2, 0.25) is 0 Å². The molecule has 1 heterocycles. The highest BCUT2D eigenvalue weighted by Crippen LogP contribution is 2.18. The molecule has 0 aliphatic heterocycles. The molecule has 0 aromatic carbocycles. The first-order valence-corrected chi connectivity index (χ1v) is 7.25. The fourth-order valence-corrected chi connectivity index (χ4v) is 2.69. The van der Waals surface area contributed by atoms with Gasteiger partial charge in [-0.15, -0.1) is 0 Å². The Hall–Kier alpha value is -1.89. The monoisotopic (exact) mass is 295 g/mol. The summed E-state index contributed by atoms with van der Waals surface area (Å²) in [6.45, 7) is 1.65. The molecule has 7 heteroatoms. The van der Waals surface area contributed by atoms with Gasteiger partial charge in [-0.05, 0) is 39.0 Å². The first-order chi connectivity index (χ1) is 9.95. The quantitative estimate of drug-likeness (QED) is 0.611. The summed E-state index contributed by atoms with van der Waals surface area (Å²) in [7, 11) is 0. The minimum atomic E-state index is -0.536. The molecule has 0 radical (unpaired) electrons. The van der Waals surface area contributed by atoms with Gasteiger partial charge in [-0.3, -0.25) is 14.6 Å². The Morgan fingerprint density at radius 1 is 1.24 bits per heavy atom. The van der Waals surface area contributed by atoms with Gasteiger partial charge in [0.1, 0.15) is 0 Å². The van der Waals surface area contributed by atoms with Gasteiger partial charge in [0.25, 0.3) is 5.56 Å². The van der Waals surface area contributed by atoms with Gasteiger partial charge in [0.2, 0.25) is 5.91 Å². The Morgan fingerprint density at radius 3 is 2.52 bits per heavy atom. The highest BCUT2D eigenvalue weighted by molar-refractivity contribution is 5.76. The van der Waals surface area contributed by atoms with Gasteiger partial charge < -0.3 is 15.4 Å². The number of rotatable bonds is 4. The van der Waals surface area contributed by atoms with Gasteiger partial charge in [-0.2, -0.15) is 0 Å². The molecule has 2 rings (SSSR count). The van der Waals surface area contributed by atoms with Gasteiger partial charge in [0, 0.05) is 23.7 Å². The van der Waals surface area contributed by atoms with E-state index < -0.39 is 11.2 Å². The molecule has 0 spiro atoms. The summed E-state index contributed by atoms with van der Waals surface area (Å²) < 4.78 is 0. The van der Waals surface area contributed by atoms with Crippen LogP contribution in [-0.2, 0) is 11.2 Å². The number of aromatic nitrogens is 2. The van der Waals surface area contributed by atoms with Crippen molar-refractivity contribution in [2.75, 3.05) is 0 Å². The molecule has 4 N–H and O–H groups in total. The van der Waals surface area contributed by atoms with Crippen LogP contribution in [0, 0.1) is 6.92 Å².